The standard InChI is InChI=1S/C14H10FNO3S2/c1-7-5-19-14(16-7)20-6-8-11-9(15)3-2-4-10(11)21-12(8)13(17)18/h2-5H,6H2,1H3,(H,17,18). The molecule has 0 fully saturated rings. The maximum absolute atomic E-state index is 14.0. The molecule has 3 aromatic rings. The summed E-state index contributed by atoms with van der Waals surface area (Å²) in [6, 6.07) is 4.64. The summed E-state index contributed by atoms with van der Waals surface area (Å²) in [5.74, 6) is -1.16. The molecular formula is C14H10FNO3S2. The number of fused-ring (bicyclic) bond motifs is 1. The first-order chi connectivity index (χ1) is 10.1. The van der Waals surface area contributed by atoms with Crippen LogP contribution in [0.4, 0.5) is 4.39 Å². The van der Waals surface area contributed by atoms with E-state index in [0.717, 1.165) is 17.0 Å². The molecule has 4 nitrogen and oxygen atoms in total. The number of aromatic carboxylic acids is 1. The highest BCUT2D eigenvalue weighted by Gasteiger charge is 2.20. The second kappa shape index (κ2) is 5.50. The molecule has 2 aromatic heterocycles. The molecule has 0 unspecified atom stereocenters. The summed E-state index contributed by atoms with van der Waals surface area (Å²) in [6.45, 7) is 1.80. The summed E-state index contributed by atoms with van der Waals surface area (Å²) in [5.41, 5.74) is 1.22. The number of carboxylic acids is 1. The molecule has 1 aromatic carbocycles. The van der Waals surface area contributed by atoms with Crippen molar-refractivity contribution in [3.05, 3.63) is 46.4 Å². The molecule has 0 bridgehead atoms. The van der Waals surface area contributed by atoms with Gasteiger partial charge in [0, 0.05) is 15.8 Å². The maximum Gasteiger partial charge on any atom is 0.346 e. The molecule has 0 saturated heterocycles. The Labute approximate surface area is 127 Å². The van der Waals surface area contributed by atoms with Crippen LogP contribution in [0.1, 0.15) is 20.9 Å². The fourth-order valence-electron chi connectivity index (χ4n) is 2.01. The molecule has 0 amide bonds. The van der Waals surface area contributed by atoms with E-state index in [1.807, 2.05) is 0 Å². The molecule has 0 saturated carbocycles. The van der Waals surface area contributed by atoms with E-state index < -0.39 is 11.8 Å². The summed E-state index contributed by atoms with van der Waals surface area (Å²) >= 11 is 2.34. The molecule has 0 spiro atoms. The lowest BCUT2D eigenvalue weighted by molar-refractivity contribution is 0.0701. The van der Waals surface area contributed by atoms with Gasteiger partial charge < -0.3 is 9.52 Å². The van der Waals surface area contributed by atoms with Gasteiger partial charge in [-0.05, 0) is 24.6 Å². The number of thiophene rings is 1. The van der Waals surface area contributed by atoms with Gasteiger partial charge in [0.2, 0.25) is 0 Å². The van der Waals surface area contributed by atoms with Crippen LogP contribution >= 0.6 is 23.1 Å². The maximum atomic E-state index is 14.0. The molecule has 0 radical (unpaired) electrons. The van der Waals surface area contributed by atoms with Crippen molar-refractivity contribution in [2.45, 2.75) is 17.9 Å². The van der Waals surface area contributed by atoms with E-state index in [-0.39, 0.29) is 4.88 Å². The number of carboxylic acid groups (broad SMARTS) is 1. The van der Waals surface area contributed by atoms with Gasteiger partial charge in [0.15, 0.2) is 0 Å². The molecule has 21 heavy (non-hydrogen) atoms. The van der Waals surface area contributed by atoms with E-state index in [9.17, 15) is 14.3 Å². The predicted octanol–water partition coefficient (Wildman–Crippen LogP) is 4.33. The lowest BCUT2D eigenvalue weighted by Gasteiger charge is -2.00. The predicted molar refractivity (Wildman–Crippen MR) is 79.5 cm³/mol. The largest absolute Gasteiger partial charge is 0.477 e. The SMILES string of the molecule is Cc1coc(SCc2c(C(=O)O)sc3cccc(F)c23)n1. The number of nitrogens with zero attached hydrogens (tertiary/aromatic N) is 1. The molecule has 0 aliphatic rings. The van der Waals surface area contributed by atoms with Crippen molar-refractivity contribution in [2.24, 2.45) is 0 Å². The quantitative estimate of drug-likeness (QED) is 0.724. The Bertz CT molecular complexity index is 825. The third kappa shape index (κ3) is 2.66. The lowest BCUT2D eigenvalue weighted by atomic mass is 10.1. The first-order valence-corrected chi connectivity index (χ1v) is 7.84. The van der Waals surface area contributed by atoms with Gasteiger partial charge in [0.05, 0.1) is 5.69 Å². The van der Waals surface area contributed by atoms with Crippen LogP contribution in [-0.2, 0) is 5.75 Å². The fraction of sp³-hybridized carbons (Fsp3) is 0.143. The van der Waals surface area contributed by atoms with Crippen molar-refractivity contribution in [3.63, 3.8) is 0 Å². The van der Waals surface area contributed by atoms with Gasteiger partial charge in [0.25, 0.3) is 5.22 Å². The highest BCUT2D eigenvalue weighted by Crippen LogP contribution is 2.36. The molecule has 0 atom stereocenters. The Hall–Kier alpha value is -1.86. The summed E-state index contributed by atoms with van der Waals surface area (Å²) < 4.78 is 19.9. The van der Waals surface area contributed by atoms with Crippen LogP contribution in [0.2, 0.25) is 0 Å². The number of rotatable bonds is 4. The molecule has 0 aliphatic heterocycles. The zero-order valence-electron chi connectivity index (χ0n) is 10.9. The summed E-state index contributed by atoms with van der Waals surface area (Å²) in [5, 5.41) is 10.1. The number of carbonyl (C=O) groups is 1. The molecule has 7 heteroatoms. The van der Waals surface area contributed by atoms with Crippen LogP contribution in [0.3, 0.4) is 0 Å². The number of halogens is 1. The number of aromatic nitrogens is 1. The normalized spacial score (nSPS) is 11.1. The van der Waals surface area contributed by atoms with E-state index in [1.165, 1.54) is 24.1 Å². The number of hydrogen-bond donors (Lipinski definition) is 1. The number of thioether (sulfide) groups is 1. The molecular weight excluding hydrogens is 313 g/mol. The van der Waals surface area contributed by atoms with Crippen molar-refractivity contribution in [3.8, 4) is 0 Å². The van der Waals surface area contributed by atoms with Crippen LogP contribution in [0.15, 0.2) is 34.1 Å². The van der Waals surface area contributed by atoms with Gasteiger partial charge in [-0.15, -0.1) is 11.3 Å². The number of hydrogen-bond acceptors (Lipinski definition) is 5. The highest BCUT2D eigenvalue weighted by molar-refractivity contribution is 7.98. The third-order valence-electron chi connectivity index (χ3n) is 2.90. The lowest BCUT2D eigenvalue weighted by Crippen LogP contribution is -1.97. The van der Waals surface area contributed by atoms with E-state index in [1.54, 1.807) is 19.1 Å². The summed E-state index contributed by atoms with van der Waals surface area (Å²) in [7, 11) is 0. The Morgan fingerprint density at radius 3 is 3.00 bits per heavy atom. The zero-order valence-corrected chi connectivity index (χ0v) is 12.6. The van der Waals surface area contributed by atoms with Crippen LogP contribution in [0.25, 0.3) is 10.1 Å². The minimum absolute atomic E-state index is 0.158. The van der Waals surface area contributed by atoms with E-state index in [4.69, 9.17) is 4.42 Å². The average Bonchev–Trinajstić information content (AvgIpc) is 3.01. The van der Waals surface area contributed by atoms with Gasteiger partial charge in [-0.2, -0.15) is 0 Å². The monoisotopic (exact) mass is 323 g/mol. The van der Waals surface area contributed by atoms with Crippen LogP contribution in [0, 0.1) is 12.7 Å². The Kier molecular flexibility index (Phi) is 3.69. The first-order valence-electron chi connectivity index (χ1n) is 6.04. The number of benzene rings is 1. The number of oxazole rings is 1. The highest BCUT2D eigenvalue weighted by atomic mass is 32.2. The van der Waals surface area contributed by atoms with E-state index >= 15 is 0 Å². The molecule has 108 valence electrons. The fourth-order valence-corrected chi connectivity index (χ4v) is 4.06. The van der Waals surface area contributed by atoms with Crippen molar-refractivity contribution < 1.29 is 18.7 Å². The van der Waals surface area contributed by atoms with Crippen molar-refractivity contribution in [1.29, 1.82) is 0 Å². The van der Waals surface area contributed by atoms with E-state index in [2.05, 4.69) is 4.98 Å². The Balaban J connectivity index is 2.02. The van der Waals surface area contributed by atoms with Crippen molar-refractivity contribution in [2.75, 3.05) is 0 Å². The molecule has 2 heterocycles. The second-order valence-electron chi connectivity index (χ2n) is 4.37. The molecule has 3 rings (SSSR count). The zero-order chi connectivity index (χ0) is 15.0. The van der Waals surface area contributed by atoms with Gasteiger partial charge in [-0.25, -0.2) is 14.2 Å². The molecule has 1 N–H and O–H groups in total. The van der Waals surface area contributed by atoms with Crippen LogP contribution < -0.4 is 0 Å². The topological polar surface area (TPSA) is 63.3 Å². The minimum atomic E-state index is -1.05. The van der Waals surface area contributed by atoms with Crippen molar-refractivity contribution in [1.82, 2.24) is 4.98 Å². The van der Waals surface area contributed by atoms with Gasteiger partial charge in [-0.1, -0.05) is 17.8 Å². The van der Waals surface area contributed by atoms with Crippen molar-refractivity contribution >= 4 is 39.2 Å². The summed E-state index contributed by atoms with van der Waals surface area (Å²) in [4.78, 5) is 15.7. The first kappa shape index (κ1) is 14.1. The minimum Gasteiger partial charge on any atom is -0.477 e. The summed E-state index contributed by atoms with van der Waals surface area (Å²) in [6.07, 6.45) is 1.52. The van der Waals surface area contributed by atoms with Crippen LogP contribution in [0.5, 0.6) is 0 Å². The Morgan fingerprint density at radius 1 is 1.52 bits per heavy atom. The average molecular weight is 323 g/mol. The van der Waals surface area contributed by atoms with Gasteiger partial charge in [-0.3, -0.25) is 0 Å². The molecule has 0 aliphatic carbocycles. The number of aryl methyl sites for hydroxylation is 1. The third-order valence-corrected chi connectivity index (χ3v) is 4.95. The van der Waals surface area contributed by atoms with Gasteiger partial charge >= 0.3 is 5.97 Å². The van der Waals surface area contributed by atoms with Crippen LogP contribution in [-0.4, -0.2) is 16.1 Å². The van der Waals surface area contributed by atoms with E-state index in [0.29, 0.717) is 26.6 Å². The smallest absolute Gasteiger partial charge is 0.346 e. The Morgan fingerprint density at radius 2 is 2.33 bits per heavy atom. The van der Waals surface area contributed by atoms with Gasteiger partial charge in [0.1, 0.15) is 17.0 Å². The second-order valence-corrected chi connectivity index (χ2v) is 6.35.